The van der Waals surface area contributed by atoms with E-state index in [-0.39, 0.29) is 24.1 Å². The smallest absolute Gasteiger partial charge is 0.475 e. The van der Waals surface area contributed by atoms with E-state index in [0.29, 0.717) is 11.6 Å². The van der Waals surface area contributed by atoms with Crippen LogP contribution in [0.2, 0.25) is 0 Å². The number of carboxylic acids is 1. The Bertz CT molecular complexity index is 1200. The highest BCUT2D eigenvalue weighted by Gasteiger charge is 2.39. The molecule has 0 amide bonds. The summed E-state index contributed by atoms with van der Waals surface area (Å²) in [4.78, 5) is 16.5. The topological polar surface area (TPSA) is 95.3 Å². The number of rotatable bonds is 5. The fourth-order valence-corrected chi connectivity index (χ4v) is 2.77. The van der Waals surface area contributed by atoms with Crippen molar-refractivity contribution >= 4 is 11.8 Å². The van der Waals surface area contributed by atoms with Crippen LogP contribution in [0.5, 0.6) is 0 Å². The van der Waals surface area contributed by atoms with Gasteiger partial charge in [-0.2, -0.15) is 39.5 Å². The molecule has 0 saturated heterocycles. The highest BCUT2D eigenvalue weighted by molar-refractivity contribution is 5.73. The van der Waals surface area contributed by atoms with Gasteiger partial charge in [-0.3, -0.25) is 0 Å². The van der Waals surface area contributed by atoms with Crippen LogP contribution in [0.3, 0.4) is 0 Å². The van der Waals surface area contributed by atoms with Gasteiger partial charge in [-0.25, -0.2) is 14.8 Å². The number of aliphatic carboxylic acids is 1. The summed E-state index contributed by atoms with van der Waals surface area (Å²) in [7, 11) is 0. The van der Waals surface area contributed by atoms with Crippen molar-refractivity contribution < 1.29 is 54.5 Å². The molecule has 3 N–H and O–H groups in total. The standard InChI is InChI=1S/C20H15F6N3O.C2HF3O2/c21-19(22,23)13-6-7-14(15(8-13)20(24,25)26)16-9-18(29-11-28-16)27-10-17(30)12-4-2-1-3-5-12;3-2(4,5)1(6)7/h1-9,11,17,30H,10H2,(H,27,28,29);(H,6,7)/t17-;/m0./s1. The predicted octanol–water partition coefficient (Wildman–Crippen LogP) is 5.96. The first-order valence-electron chi connectivity index (χ1n) is 9.88. The lowest BCUT2D eigenvalue weighted by Crippen LogP contribution is -2.21. The Kier molecular flexibility index (Phi) is 9.08. The first-order chi connectivity index (χ1) is 17.0. The molecule has 15 heteroatoms. The predicted molar refractivity (Wildman–Crippen MR) is 111 cm³/mol. The van der Waals surface area contributed by atoms with E-state index >= 15 is 0 Å². The average molecular weight is 541 g/mol. The van der Waals surface area contributed by atoms with Crippen molar-refractivity contribution in [2.75, 3.05) is 11.9 Å². The summed E-state index contributed by atoms with van der Waals surface area (Å²) >= 11 is 0. The number of aliphatic hydroxyl groups excluding tert-OH is 1. The number of hydrogen-bond donors (Lipinski definition) is 3. The minimum absolute atomic E-state index is 0.0135. The monoisotopic (exact) mass is 541 g/mol. The third-order valence-corrected chi connectivity index (χ3v) is 4.50. The zero-order chi connectivity index (χ0) is 28.0. The number of nitrogens with zero attached hydrogens (tertiary/aromatic N) is 2. The number of halogens is 9. The van der Waals surface area contributed by atoms with Crippen molar-refractivity contribution in [2.45, 2.75) is 24.6 Å². The molecule has 6 nitrogen and oxygen atoms in total. The molecule has 2 aromatic carbocycles. The molecular weight excluding hydrogens is 525 g/mol. The number of carboxylic acid groups (broad SMARTS) is 1. The Morgan fingerprint density at radius 1 is 0.865 bits per heavy atom. The number of aromatic nitrogens is 2. The molecule has 0 saturated carbocycles. The minimum atomic E-state index is -5.08. The molecule has 3 rings (SSSR count). The minimum Gasteiger partial charge on any atom is -0.475 e. The van der Waals surface area contributed by atoms with E-state index in [9.17, 15) is 44.6 Å². The van der Waals surface area contributed by atoms with Crippen molar-refractivity contribution in [2.24, 2.45) is 0 Å². The van der Waals surface area contributed by atoms with E-state index in [1.165, 1.54) is 6.07 Å². The first kappa shape index (κ1) is 29.4. The number of carbonyl (C=O) groups is 1. The van der Waals surface area contributed by atoms with E-state index in [4.69, 9.17) is 9.90 Å². The van der Waals surface area contributed by atoms with Crippen molar-refractivity contribution in [3.05, 3.63) is 77.6 Å². The van der Waals surface area contributed by atoms with Gasteiger partial charge in [0.1, 0.15) is 12.1 Å². The molecule has 0 unspecified atom stereocenters. The molecular formula is C22H16F9N3O3. The van der Waals surface area contributed by atoms with Crippen LogP contribution >= 0.6 is 0 Å². The molecule has 0 aliphatic carbocycles. The van der Waals surface area contributed by atoms with Crippen LogP contribution in [0.4, 0.5) is 45.3 Å². The molecule has 37 heavy (non-hydrogen) atoms. The summed E-state index contributed by atoms with van der Waals surface area (Å²) in [6.07, 6.45) is -14.9. The van der Waals surface area contributed by atoms with Gasteiger partial charge in [0, 0.05) is 18.2 Å². The van der Waals surface area contributed by atoms with Crippen LogP contribution in [0, 0.1) is 0 Å². The number of hydrogen-bond acceptors (Lipinski definition) is 5. The number of nitrogens with one attached hydrogen (secondary N) is 1. The molecule has 200 valence electrons. The summed E-state index contributed by atoms with van der Waals surface area (Å²) in [5.74, 6) is -2.64. The quantitative estimate of drug-likeness (QED) is 0.345. The second kappa shape index (κ2) is 11.5. The van der Waals surface area contributed by atoms with Crippen LogP contribution in [-0.4, -0.2) is 38.9 Å². The van der Waals surface area contributed by atoms with Crippen LogP contribution < -0.4 is 5.32 Å². The van der Waals surface area contributed by atoms with Gasteiger partial charge in [0.15, 0.2) is 0 Å². The number of alkyl halides is 9. The lowest BCUT2D eigenvalue weighted by Gasteiger charge is -2.16. The fraction of sp³-hybridized carbons (Fsp3) is 0.227. The van der Waals surface area contributed by atoms with Crippen LogP contribution in [-0.2, 0) is 17.1 Å². The second-order valence-electron chi connectivity index (χ2n) is 7.15. The lowest BCUT2D eigenvalue weighted by atomic mass is 10.00. The molecule has 0 aliphatic rings. The molecule has 1 heterocycles. The van der Waals surface area contributed by atoms with Crippen molar-refractivity contribution in [1.29, 1.82) is 0 Å². The third-order valence-electron chi connectivity index (χ3n) is 4.50. The van der Waals surface area contributed by atoms with Gasteiger partial charge >= 0.3 is 24.5 Å². The van der Waals surface area contributed by atoms with Gasteiger partial charge in [0.2, 0.25) is 0 Å². The van der Waals surface area contributed by atoms with E-state index in [1.807, 2.05) is 0 Å². The zero-order valence-electron chi connectivity index (χ0n) is 18.2. The zero-order valence-corrected chi connectivity index (χ0v) is 18.2. The van der Waals surface area contributed by atoms with Gasteiger partial charge in [-0.05, 0) is 17.7 Å². The maximum Gasteiger partial charge on any atom is 0.490 e. The van der Waals surface area contributed by atoms with E-state index in [1.54, 1.807) is 30.3 Å². The van der Waals surface area contributed by atoms with Gasteiger partial charge in [0.25, 0.3) is 0 Å². The number of aliphatic hydroxyl groups is 1. The van der Waals surface area contributed by atoms with Gasteiger partial charge in [-0.1, -0.05) is 36.4 Å². The summed E-state index contributed by atoms with van der Waals surface area (Å²) in [6.45, 7) is 0.0135. The summed E-state index contributed by atoms with van der Waals surface area (Å²) in [5.41, 5.74) is -2.95. The largest absolute Gasteiger partial charge is 0.490 e. The highest BCUT2D eigenvalue weighted by Crippen LogP contribution is 2.40. The second-order valence-corrected chi connectivity index (χ2v) is 7.15. The molecule has 3 aromatic rings. The Morgan fingerprint density at radius 2 is 1.46 bits per heavy atom. The van der Waals surface area contributed by atoms with Crippen LogP contribution in [0.1, 0.15) is 22.8 Å². The van der Waals surface area contributed by atoms with Gasteiger partial charge in [0.05, 0.1) is 22.9 Å². The van der Waals surface area contributed by atoms with Crippen LogP contribution in [0.25, 0.3) is 11.3 Å². The number of benzene rings is 2. The molecule has 0 radical (unpaired) electrons. The SMILES string of the molecule is O=C(O)C(F)(F)F.O[C@@H](CNc1cc(-c2ccc(C(F)(F)F)cc2C(F)(F)F)ncn1)c1ccccc1. The normalized spacial score (nSPS) is 12.8. The maximum absolute atomic E-state index is 13.4. The molecule has 0 spiro atoms. The molecule has 1 atom stereocenters. The Labute approximate surface area is 202 Å². The Hall–Kier alpha value is -3.88. The molecule has 1 aromatic heterocycles. The fourth-order valence-electron chi connectivity index (χ4n) is 2.77. The summed E-state index contributed by atoms with van der Waals surface area (Å²) in [6, 6.07) is 11.2. The Morgan fingerprint density at radius 3 is 1.97 bits per heavy atom. The van der Waals surface area contributed by atoms with Gasteiger partial charge < -0.3 is 15.5 Å². The average Bonchev–Trinajstić information content (AvgIpc) is 2.81. The van der Waals surface area contributed by atoms with Gasteiger partial charge in [-0.15, -0.1) is 0 Å². The van der Waals surface area contributed by atoms with E-state index in [0.717, 1.165) is 12.4 Å². The molecule has 0 aliphatic heterocycles. The molecule has 0 fully saturated rings. The Balaban J connectivity index is 0.000000604. The lowest BCUT2D eigenvalue weighted by molar-refractivity contribution is -0.192. The first-order valence-corrected chi connectivity index (χ1v) is 9.88. The van der Waals surface area contributed by atoms with Crippen molar-refractivity contribution in [3.8, 4) is 11.3 Å². The summed E-state index contributed by atoms with van der Waals surface area (Å²) < 4.78 is 110. The third kappa shape index (κ3) is 8.63. The van der Waals surface area contributed by atoms with E-state index < -0.39 is 47.3 Å². The highest BCUT2D eigenvalue weighted by atomic mass is 19.4. The maximum atomic E-state index is 13.4. The van der Waals surface area contributed by atoms with E-state index in [2.05, 4.69) is 15.3 Å². The van der Waals surface area contributed by atoms with Crippen LogP contribution in [0.15, 0.2) is 60.9 Å². The number of anilines is 1. The molecule has 0 bridgehead atoms. The van der Waals surface area contributed by atoms with Crippen molar-refractivity contribution in [1.82, 2.24) is 9.97 Å². The summed E-state index contributed by atoms with van der Waals surface area (Å²) in [5, 5.41) is 20.1. The van der Waals surface area contributed by atoms with Crippen molar-refractivity contribution in [3.63, 3.8) is 0 Å².